The van der Waals surface area contributed by atoms with Crippen LogP contribution in [0.5, 0.6) is 11.6 Å². The van der Waals surface area contributed by atoms with Crippen LogP contribution in [0, 0.1) is 11.6 Å². The Labute approximate surface area is 99.7 Å². The molecule has 0 saturated carbocycles. The fraction of sp³-hybridized carbons (Fsp3) is 0. The van der Waals surface area contributed by atoms with Crippen molar-refractivity contribution in [2.75, 3.05) is 0 Å². The van der Waals surface area contributed by atoms with Gasteiger partial charge in [0.15, 0.2) is 11.6 Å². The molecule has 1 heterocycles. The summed E-state index contributed by atoms with van der Waals surface area (Å²) < 4.78 is 30.7. The van der Waals surface area contributed by atoms with Crippen molar-refractivity contribution in [1.82, 2.24) is 9.97 Å². The molecule has 0 unspecified atom stereocenters. The molecule has 1 aromatic heterocycles. The molecule has 1 aromatic carbocycles. The second kappa shape index (κ2) is 4.74. The maximum Gasteiger partial charge on any atom is 0.360 e. The number of rotatable bonds is 3. The van der Waals surface area contributed by atoms with E-state index in [1.54, 1.807) is 0 Å². The summed E-state index contributed by atoms with van der Waals surface area (Å²) in [5.41, 5.74) is -0.415. The van der Waals surface area contributed by atoms with Crippen molar-refractivity contribution in [3.63, 3.8) is 0 Å². The van der Waals surface area contributed by atoms with Gasteiger partial charge in [-0.2, -0.15) is 0 Å². The smallest absolute Gasteiger partial charge is 0.360 e. The number of aromatic nitrogens is 2. The summed E-state index contributed by atoms with van der Waals surface area (Å²) in [4.78, 5) is 18.0. The normalized spacial score (nSPS) is 10.1. The summed E-state index contributed by atoms with van der Waals surface area (Å²) in [7, 11) is 0. The predicted octanol–water partition coefficient (Wildman–Crippen LogP) is 2.25. The molecule has 0 atom stereocenters. The van der Waals surface area contributed by atoms with Crippen molar-refractivity contribution < 1.29 is 23.4 Å². The van der Waals surface area contributed by atoms with Gasteiger partial charge in [0.05, 0.1) is 0 Å². The number of nitrogens with zero attached hydrogens (tertiary/aromatic N) is 2. The van der Waals surface area contributed by atoms with Gasteiger partial charge < -0.3 is 9.84 Å². The monoisotopic (exact) mass is 252 g/mol. The molecule has 0 aliphatic rings. The Morgan fingerprint density at radius 3 is 2.56 bits per heavy atom. The molecule has 2 aromatic rings. The molecule has 18 heavy (non-hydrogen) atoms. The van der Waals surface area contributed by atoms with Gasteiger partial charge in [-0.3, -0.25) is 0 Å². The molecular formula is C11H6F2N2O3. The molecule has 92 valence electrons. The van der Waals surface area contributed by atoms with Crippen molar-refractivity contribution in [2.24, 2.45) is 0 Å². The molecule has 0 bridgehead atoms. The van der Waals surface area contributed by atoms with Crippen LogP contribution in [0.15, 0.2) is 30.6 Å². The minimum absolute atomic E-state index is 0.0723. The summed E-state index contributed by atoms with van der Waals surface area (Å²) in [5.74, 6) is -3.83. The van der Waals surface area contributed by atoms with Gasteiger partial charge >= 0.3 is 5.97 Å². The molecule has 0 aliphatic heterocycles. The number of ether oxygens (including phenoxy) is 1. The van der Waals surface area contributed by atoms with E-state index in [0.29, 0.717) is 0 Å². The number of hydrogen-bond acceptors (Lipinski definition) is 4. The lowest BCUT2D eigenvalue weighted by Crippen LogP contribution is -2.04. The molecule has 0 saturated heterocycles. The fourth-order valence-corrected chi connectivity index (χ4v) is 1.20. The highest BCUT2D eigenvalue weighted by Crippen LogP contribution is 2.23. The van der Waals surface area contributed by atoms with Crippen LogP contribution in [0.25, 0.3) is 0 Å². The van der Waals surface area contributed by atoms with E-state index in [1.807, 2.05) is 0 Å². The minimum atomic E-state index is -1.33. The lowest BCUT2D eigenvalue weighted by Gasteiger charge is -2.06. The Morgan fingerprint density at radius 1 is 1.17 bits per heavy atom. The molecule has 1 N–H and O–H groups in total. The highest BCUT2D eigenvalue weighted by molar-refractivity contribution is 5.87. The lowest BCUT2D eigenvalue weighted by molar-refractivity contribution is 0.0686. The average Bonchev–Trinajstić information content (AvgIpc) is 2.34. The lowest BCUT2D eigenvalue weighted by atomic mass is 10.3. The van der Waals surface area contributed by atoms with Gasteiger partial charge in [-0.1, -0.05) is 0 Å². The Kier molecular flexibility index (Phi) is 3.13. The molecule has 0 spiro atoms. The third-order valence-electron chi connectivity index (χ3n) is 1.97. The summed E-state index contributed by atoms with van der Waals surface area (Å²) >= 11 is 0. The standard InChI is InChI=1S/C11H6F2N2O3/c12-7-2-1-6(5-8(7)13)18-10-9(11(16)17)14-3-4-15-10/h1-5H,(H,16,17). The van der Waals surface area contributed by atoms with Crippen molar-refractivity contribution >= 4 is 5.97 Å². The number of carboxylic acids is 1. The Bertz CT molecular complexity index is 605. The van der Waals surface area contributed by atoms with E-state index in [-0.39, 0.29) is 11.6 Å². The van der Waals surface area contributed by atoms with Crippen LogP contribution in [0.2, 0.25) is 0 Å². The number of carboxylic acid groups (broad SMARTS) is 1. The number of hydrogen-bond donors (Lipinski definition) is 1. The number of halogens is 2. The molecule has 0 radical (unpaired) electrons. The van der Waals surface area contributed by atoms with Gasteiger partial charge in [0.25, 0.3) is 5.88 Å². The zero-order valence-electron chi connectivity index (χ0n) is 8.80. The van der Waals surface area contributed by atoms with E-state index >= 15 is 0 Å². The summed E-state index contributed by atoms with van der Waals surface area (Å²) in [6, 6.07) is 2.80. The van der Waals surface area contributed by atoms with E-state index in [4.69, 9.17) is 9.84 Å². The molecular weight excluding hydrogens is 246 g/mol. The van der Waals surface area contributed by atoms with Crippen LogP contribution < -0.4 is 4.74 Å². The zero-order chi connectivity index (χ0) is 13.1. The molecule has 7 heteroatoms. The van der Waals surface area contributed by atoms with Crippen molar-refractivity contribution in [1.29, 1.82) is 0 Å². The number of aromatic carboxylic acids is 1. The third-order valence-corrected chi connectivity index (χ3v) is 1.97. The quantitative estimate of drug-likeness (QED) is 0.906. The van der Waals surface area contributed by atoms with Crippen LogP contribution in [-0.4, -0.2) is 21.0 Å². The fourth-order valence-electron chi connectivity index (χ4n) is 1.20. The highest BCUT2D eigenvalue weighted by atomic mass is 19.2. The Hall–Kier alpha value is -2.57. The third kappa shape index (κ3) is 2.40. The van der Waals surface area contributed by atoms with Gasteiger partial charge in [0.1, 0.15) is 5.75 Å². The van der Waals surface area contributed by atoms with Gasteiger partial charge in [0.2, 0.25) is 5.69 Å². The minimum Gasteiger partial charge on any atom is -0.476 e. The van der Waals surface area contributed by atoms with Crippen LogP contribution in [0.1, 0.15) is 10.5 Å². The van der Waals surface area contributed by atoms with E-state index in [0.717, 1.165) is 18.2 Å². The Morgan fingerprint density at radius 2 is 1.89 bits per heavy atom. The van der Waals surface area contributed by atoms with Gasteiger partial charge in [0, 0.05) is 18.5 Å². The van der Waals surface area contributed by atoms with Crippen LogP contribution >= 0.6 is 0 Å². The molecule has 2 rings (SSSR count). The number of carbonyl (C=O) groups is 1. The Balaban J connectivity index is 2.34. The molecule has 0 aliphatic carbocycles. The molecule has 0 fully saturated rings. The van der Waals surface area contributed by atoms with Crippen molar-refractivity contribution in [2.45, 2.75) is 0 Å². The van der Waals surface area contributed by atoms with Gasteiger partial charge in [-0.25, -0.2) is 23.5 Å². The maximum absolute atomic E-state index is 12.9. The average molecular weight is 252 g/mol. The summed E-state index contributed by atoms with van der Waals surface area (Å²) in [6.07, 6.45) is 2.41. The van der Waals surface area contributed by atoms with E-state index in [1.165, 1.54) is 12.4 Å². The van der Waals surface area contributed by atoms with E-state index in [2.05, 4.69) is 9.97 Å². The first-order valence-corrected chi connectivity index (χ1v) is 4.75. The van der Waals surface area contributed by atoms with E-state index < -0.39 is 23.3 Å². The van der Waals surface area contributed by atoms with Crippen molar-refractivity contribution in [3.8, 4) is 11.6 Å². The zero-order valence-corrected chi connectivity index (χ0v) is 8.80. The highest BCUT2D eigenvalue weighted by Gasteiger charge is 2.15. The first-order chi connectivity index (χ1) is 8.58. The van der Waals surface area contributed by atoms with Crippen LogP contribution in [0.3, 0.4) is 0 Å². The first kappa shape index (κ1) is 11.9. The largest absolute Gasteiger partial charge is 0.476 e. The SMILES string of the molecule is O=C(O)c1nccnc1Oc1ccc(F)c(F)c1. The van der Waals surface area contributed by atoms with Crippen LogP contribution in [-0.2, 0) is 0 Å². The second-order valence-corrected chi connectivity index (χ2v) is 3.19. The first-order valence-electron chi connectivity index (χ1n) is 4.75. The predicted molar refractivity (Wildman–Crippen MR) is 55.4 cm³/mol. The topological polar surface area (TPSA) is 72.3 Å². The summed E-state index contributed by atoms with van der Waals surface area (Å²) in [6.45, 7) is 0. The van der Waals surface area contributed by atoms with Gasteiger partial charge in [-0.05, 0) is 12.1 Å². The van der Waals surface area contributed by atoms with Crippen LogP contribution in [0.4, 0.5) is 8.78 Å². The van der Waals surface area contributed by atoms with E-state index in [9.17, 15) is 13.6 Å². The van der Waals surface area contributed by atoms with Crippen molar-refractivity contribution in [3.05, 3.63) is 47.9 Å². The molecule has 5 nitrogen and oxygen atoms in total. The maximum atomic E-state index is 12.9. The summed E-state index contributed by atoms with van der Waals surface area (Å²) in [5, 5.41) is 8.83. The second-order valence-electron chi connectivity index (χ2n) is 3.19. The molecule has 0 amide bonds. The number of benzene rings is 1. The van der Waals surface area contributed by atoms with Gasteiger partial charge in [-0.15, -0.1) is 0 Å².